The standard InChI is InChI=1S/C17H22BNO10/c1-8(21)14(15(24)25)29-16(12(23)6-20)28-13-4-3-10(7-27-17(18)26)5-11(13)19-9(2)22/h3-5,8,12,14,16,20-21,23H,6-7H2,1-2H3,(H,19,22)(H,24,25)/t8?,12-,14?,16?/m0/s1. The topological polar surface area (TPSA) is 172 Å². The number of aliphatic carboxylic acids is 1. The number of ether oxygens (including phenoxy) is 3. The molecule has 0 aromatic heterocycles. The number of nitrogens with one attached hydrogen (secondary N) is 1. The van der Waals surface area contributed by atoms with Gasteiger partial charge in [0.2, 0.25) is 25.9 Å². The van der Waals surface area contributed by atoms with Crippen molar-refractivity contribution in [2.75, 3.05) is 11.9 Å². The number of hydrogen-bond donors (Lipinski definition) is 5. The van der Waals surface area contributed by atoms with Crippen molar-refractivity contribution in [2.45, 2.75) is 45.1 Å². The monoisotopic (exact) mass is 411 g/mol. The van der Waals surface area contributed by atoms with Crippen molar-refractivity contribution in [1.82, 2.24) is 0 Å². The van der Waals surface area contributed by atoms with Gasteiger partial charge in [0.05, 0.1) is 18.4 Å². The maximum Gasteiger partial charge on any atom is 0.335 e. The summed E-state index contributed by atoms with van der Waals surface area (Å²) in [5.41, 5.74) is 0.526. The molecule has 29 heavy (non-hydrogen) atoms. The number of aliphatic hydroxyl groups excluding tert-OH is 3. The third-order valence-electron chi connectivity index (χ3n) is 3.44. The average Bonchev–Trinajstić information content (AvgIpc) is 2.62. The summed E-state index contributed by atoms with van der Waals surface area (Å²) < 4.78 is 15.2. The van der Waals surface area contributed by atoms with Crippen molar-refractivity contribution in [1.29, 1.82) is 0 Å². The molecule has 0 aliphatic carbocycles. The average molecular weight is 411 g/mol. The summed E-state index contributed by atoms with van der Waals surface area (Å²) in [6, 6.07) is 4.18. The van der Waals surface area contributed by atoms with E-state index in [4.69, 9.17) is 22.4 Å². The minimum absolute atomic E-state index is 0.0461. The van der Waals surface area contributed by atoms with E-state index < -0.39 is 49.0 Å². The Bertz CT molecular complexity index is 726. The predicted molar refractivity (Wildman–Crippen MR) is 98.4 cm³/mol. The van der Waals surface area contributed by atoms with E-state index in [-0.39, 0.29) is 18.0 Å². The van der Waals surface area contributed by atoms with Crippen LogP contribution in [0.25, 0.3) is 0 Å². The molecule has 0 heterocycles. The number of carbonyl (C=O) groups is 3. The van der Waals surface area contributed by atoms with Crippen LogP contribution in [0.2, 0.25) is 0 Å². The first-order valence-corrected chi connectivity index (χ1v) is 8.39. The van der Waals surface area contributed by atoms with Crippen LogP contribution in [0.5, 0.6) is 5.75 Å². The molecule has 1 aromatic carbocycles. The van der Waals surface area contributed by atoms with E-state index in [2.05, 4.69) is 10.1 Å². The molecule has 1 amide bonds. The Hall–Kier alpha value is -2.67. The molecular weight excluding hydrogens is 389 g/mol. The Morgan fingerprint density at radius 1 is 1.24 bits per heavy atom. The molecular formula is C17H22BNO10. The normalized spacial score (nSPS) is 14.9. The highest BCUT2D eigenvalue weighted by atomic mass is 16.7. The Morgan fingerprint density at radius 2 is 1.90 bits per heavy atom. The summed E-state index contributed by atoms with van der Waals surface area (Å²) in [4.78, 5) is 33.4. The summed E-state index contributed by atoms with van der Waals surface area (Å²) >= 11 is 0. The molecule has 1 aromatic rings. The second kappa shape index (κ2) is 11.4. The van der Waals surface area contributed by atoms with Gasteiger partial charge >= 0.3 is 5.97 Å². The van der Waals surface area contributed by atoms with Crippen LogP contribution >= 0.6 is 0 Å². The molecule has 0 fully saturated rings. The molecule has 0 saturated carbocycles. The van der Waals surface area contributed by atoms with Crippen molar-refractivity contribution < 1.29 is 49.0 Å². The Morgan fingerprint density at radius 3 is 2.38 bits per heavy atom. The van der Waals surface area contributed by atoms with Gasteiger partial charge in [0.1, 0.15) is 18.5 Å². The minimum Gasteiger partial charge on any atom is -0.479 e. The van der Waals surface area contributed by atoms with Crippen molar-refractivity contribution in [3.63, 3.8) is 0 Å². The number of carbonyl (C=O) groups excluding carboxylic acids is 2. The van der Waals surface area contributed by atoms with Gasteiger partial charge in [-0.3, -0.25) is 9.59 Å². The fourth-order valence-corrected chi connectivity index (χ4v) is 2.14. The van der Waals surface area contributed by atoms with Gasteiger partial charge in [-0.05, 0) is 24.6 Å². The number of carboxylic acids is 1. The van der Waals surface area contributed by atoms with Gasteiger partial charge in [-0.25, -0.2) is 4.79 Å². The molecule has 3 unspecified atom stereocenters. The van der Waals surface area contributed by atoms with Crippen LogP contribution in [0.4, 0.5) is 10.5 Å². The van der Waals surface area contributed by atoms with Gasteiger partial charge in [0, 0.05) is 6.92 Å². The highest BCUT2D eigenvalue weighted by molar-refractivity contribution is 6.55. The fourth-order valence-electron chi connectivity index (χ4n) is 2.14. The Balaban J connectivity index is 3.16. The van der Waals surface area contributed by atoms with E-state index in [1.165, 1.54) is 25.1 Å². The lowest BCUT2D eigenvalue weighted by Crippen LogP contribution is -2.45. The molecule has 2 radical (unpaired) electrons. The first kappa shape index (κ1) is 24.4. The third kappa shape index (κ3) is 8.07. The van der Waals surface area contributed by atoms with E-state index in [1.54, 1.807) is 0 Å². The summed E-state index contributed by atoms with van der Waals surface area (Å²) in [5.74, 6) is -3.03. The number of benzene rings is 1. The van der Waals surface area contributed by atoms with Crippen molar-refractivity contribution >= 4 is 31.3 Å². The zero-order valence-corrected chi connectivity index (χ0v) is 15.8. The van der Waals surface area contributed by atoms with E-state index >= 15 is 0 Å². The van der Waals surface area contributed by atoms with Gasteiger partial charge in [-0.1, -0.05) is 6.07 Å². The highest BCUT2D eigenvalue weighted by Crippen LogP contribution is 2.28. The van der Waals surface area contributed by atoms with Crippen molar-refractivity contribution in [2.24, 2.45) is 0 Å². The summed E-state index contributed by atoms with van der Waals surface area (Å²) in [6.45, 7) is 1.36. The zero-order valence-electron chi connectivity index (χ0n) is 15.8. The highest BCUT2D eigenvalue weighted by Gasteiger charge is 2.32. The second-order valence-corrected chi connectivity index (χ2v) is 5.99. The zero-order chi connectivity index (χ0) is 22.1. The molecule has 1 rings (SSSR count). The lowest BCUT2D eigenvalue weighted by atomic mass is 10.1. The summed E-state index contributed by atoms with van der Waals surface area (Å²) in [7, 11) is 4.91. The SMILES string of the molecule is [B]C(=O)OCc1ccc(OC(OC(C(=O)O)C(C)O)[C@@H](O)CO)c(NC(C)=O)c1. The van der Waals surface area contributed by atoms with E-state index in [0.29, 0.717) is 5.56 Å². The molecule has 12 heteroatoms. The largest absolute Gasteiger partial charge is 0.479 e. The lowest BCUT2D eigenvalue weighted by Gasteiger charge is -2.28. The third-order valence-corrected chi connectivity index (χ3v) is 3.44. The molecule has 5 N–H and O–H groups in total. The van der Waals surface area contributed by atoms with Crippen LogP contribution in [0.3, 0.4) is 0 Å². The van der Waals surface area contributed by atoms with Crippen LogP contribution in [0, 0.1) is 0 Å². The molecule has 11 nitrogen and oxygen atoms in total. The molecule has 0 bridgehead atoms. The van der Waals surface area contributed by atoms with Crippen LogP contribution < -0.4 is 10.1 Å². The molecule has 0 aliphatic rings. The number of amides is 1. The molecule has 0 aliphatic heterocycles. The molecule has 0 spiro atoms. The van der Waals surface area contributed by atoms with Crippen LogP contribution in [-0.2, 0) is 25.7 Å². The number of anilines is 1. The first-order chi connectivity index (χ1) is 13.5. The van der Waals surface area contributed by atoms with Gasteiger partial charge in [0.15, 0.2) is 6.10 Å². The van der Waals surface area contributed by atoms with Gasteiger partial charge in [0.25, 0.3) is 0 Å². The molecule has 4 atom stereocenters. The first-order valence-electron chi connectivity index (χ1n) is 8.39. The van der Waals surface area contributed by atoms with E-state index in [0.717, 1.165) is 6.92 Å². The van der Waals surface area contributed by atoms with Crippen LogP contribution in [0.1, 0.15) is 19.4 Å². The minimum atomic E-state index is -1.76. The number of aliphatic hydroxyl groups is 3. The fraction of sp³-hybridized carbons (Fsp3) is 0.471. The number of rotatable bonds is 11. The summed E-state index contributed by atoms with van der Waals surface area (Å²) in [6.07, 6.45) is -6.57. The van der Waals surface area contributed by atoms with Crippen LogP contribution in [0.15, 0.2) is 18.2 Å². The number of carboxylic acid groups (broad SMARTS) is 1. The van der Waals surface area contributed by atoms with Gasteiger partial charge < -0.3 is 40.0 Å². The quantitative estimate of drug-likeness (QED) is 0.233. The van der Waals surface area contributed by atoms with Crippen LogP contribution in [-0.4, -0.2) is 77.2 Å². The smallest absolute Gasteiger partial charge is 0.335 e. The molecule has 0 saturated heterocycles. The van der Waals surface area contributed by atoms with Gasteiger partial charge in [-0.2, -0.15) is 0 Å². The predicted octanol–water partition coefficient (Wildman–Crippen LogP) is -0.641. The number of hydrogen-bond acceptors (Lipinski definition) is 9. The van der Waals surface area contributed by atoms with Crippen molar-refractivity contribution in [3.8, 4) is 5.75 Å². The Labute approximate surface area is 167 Å². The Kier molecular flexibility index (Phi) is 9.55. The second-order valence-electron chi connectivity index (χ2n) is 5.99. The maximum absolute atomic E-state index is 11.5. The maximum atomic E-state index is 11.5. The lowest BCUT2D eigenvalue weighted by molar-refractivity contribution is -0.208. The van der Waals surface area contributed by atoms with E-state index in [1.807, 2.05) is 0 Å². The molecule has 158 valence electrons. The summed E-state index contributed by atoms with van der Waals surface area (Å²) in [5, 5.41) is 40.3. The van der Waals surface area contributed by atoms with Gasteiger partial charge in [-0.15, -0.1) is 0 Å². The van der Waals surface area contributed by atoms with Crippen molar-refractivity contribution in [3.05, 3.63) is 23.8 Å². The van der Waals surface area contributed by atoms with E-state index in [9.17, 15) is 29.7 Å².